The van der Waals surface area contributed by atoms with E-state index in [-0.39, 0.29) is 10.6 Å². The van der Waals surface area contributed by atoms with Gasteiger partial charge in [0.05, 0.1) is 15.1 Å². The van der Waals surface area contributed by atoms with Crippen molar-refractivity contribution in [3.8, 4) is 0 Å². The van der Waals surface area contributed by atoms with E-state index in [4.69, 9.17) is 16.7 Å². The molecule has 0 atom stereocenters. The number of aromatic carboxylic acids is 1. The Kier molecular flexibility index (Phi) is 4.50. The molecule has 3 nitrogen and oxygen atoms in total. The van der Waals surface area contributed by atoms with Gasteiger partial charge in [-0.05, 0) is 52.7 Å². The molecular weight excluding hydrogens is 350 g/mol. The van der Waals surface area contributed by atoms with E-state index in [1.807, 2.05) is 13.0 Å². The number of carboxylic acid groups (broad SMARTS) is 1. The Balaban J connectivity index is 2.33. The number of rotatable bonds is 3. The molecule has 0 bridgehead atoms. The molecule has 0 aliphatic rings. The fourth-order valence-corrected chi connectivity index (χ4v) is 3.14. The highest BCUT2D eigenvalue weighted by atomic mass is 79.9. The van der Waals surface area contributed by atoms with E-state index in [1.54, 1.807) is 24.4 Å². The average molecular weight is 359 g/mol. The fourth-order valence-electron chi connectivity index (χ4n) is 1.44. The van der Waals surface area contributed by atoms with Crippen LogP contribution < -0.4 is 0 Å². The molecule has 1 N–H and O–H groups in total. The summed E-state index contributed by atoms with van der Waals surface area (Å²) >= 11 is 10.7. The van der Waals surface area contributed by atoms with Gasteiger partial charge in [-0.15, -0.1) is 0 Å². The quantitative estimate of drug-likeness (QED) is 0.867. The minimum atomic E-state index is -1.04. The standard InChI is InChI=1S/C13H9BrClNO2S/c1-7-4-10(14)12(16-6-7)19-8-2-3-11(15)9(5-8)13(17)18/h2-6H,1H3,(H,17,18). The van der Waals surface area contributed by atoms with Gasteiger partial charge < -0.3 is 5.11 Å². The number of halogens is 2. The SMILES string of the molecule is Cc1cnc(Sc2ccc(Cl)c(C(=O)O)c2)c(Br)c1. The van der Waals surface area contributed by atoms with Crippen LogP contribution in [0.3, 0.4) is 0 Å². The van der Waals surface area contributed by atoms with E-state index in [1.165, 1.54) is 11.8 Å². The summed E-state index contributed by atoms with van der Waals surface area (Å²) in [7, 11) is 0. The zero-order valence-corrected chi connectivity index (χ0v) is 13.0. The van der Waals surface area contributed by atoms with E-state index < -0.39 is 5.97 Å². The first kappa shape index (κ1) is 14.4. The maximum atomic E-state index is 11.0. The Bertz CT molecular complexity index is 649. The van der Waals surface area contributed by atoms with Gasteiger partial charge in [-0.2, -0.15) is 0 Å². The minimum absolute atomic E-state index is 0.0925. The molecule has 0 aliphatic heterocycles. The van der Waals surface area contributed by atoms with Crippen LogP contribution in [0.15, 0.2) is 44.9 Å². The number of pyridine rings is 1. The van der Waals surface area contributed by atoms with Gasteiger partial charge >= 0.3 is 5.97 Å². The molecule has 2 rings (SSSR count). The molecular formula is C13H9BrClNO2S. The van der Waals surface area contributed by atoms with Crippen molar-refractivity contribution in [1.29, 1.82) is 0 Å². The molecule has 2 aromatic rings. The van der Waals surface area contributed by atoms with Crippen molar-refractivity contribution >= 4 is 45.3 Å². The second-order valence-corrected chi connectivity index (χ2v) is 6.17. The molecule has 98 valence electrons. The summed E-state index contributed by atoms with van der Waals surface area (Å²) in [6.45, 7) is 1.96. The molecule has 0 radical (unpaired) electrons. The topological polar surface area (TPSA) is 50.2 Å². The van der Waals surface area contributed by atoms with Crippen LogP contribution in [0.4, 0.5) is 0 Å². The van der Waals surface area contributed by atoms with Gasteiger partial charge in [-0.3, -0.25) is 0 Å². The van der Waals surface area contributed by atoms with Crippen LogP contribution in [0, 0.1) is 6.92 Å². The maximum absolute atomic E-state index is 11.0. The molecule has 0 aliphatic carbocycles. The highest BCUT2D eigenvalue weighted by Gasteiger charge is 2.11. The third kappa shape index (κ3) is 3.49. The van der Waals surface area contributed by atoms with Crippen molar-refractivity contribution in [2.24, 2.45) is 0 Å². The van der Waals surface area contributed by atoms with E-state index in [2.05, 4.69) is 20.9 Å². The lowest BCUT2D eigenvalue weighted by atomic mass is 10.2. The molecule has 0 fully saturated rings. The molecule has 1 aromatic heterocycles. The molecule has 0 spiro atoms. The number of carboxylic acids is 1. The average Bonchev–Trinajstić information content (AvgIpc) is 2.34. The first-order valence-corrected chi connectivity index (χ1v) is 7.29. The number of benzene rings is 1. The summed E-state index contributed by atoms with van der Waals surface area (Å²) in [5, 5.41) is 10.0. The number of hydrogen-bond acceptors (Lipinski definition) is 3. The summed E-state index contributed by atoms with van der Waals surface area (Å²) in [5.41, 5.74) is 1.15. The predicted octanol–water partition coefficient (Wildman–Crippen LogP) is 4.66. The molecule has 19 heavy (non-hydrogen) atoms. The van der Waals surface area contributed by atoms with Crippen LogP contribution in [-0.2, 0) is 0 Å². The van der Waals surface area contributed by atoms with E-state index in [0.29, 0.717) is 0 Å². The van der Waals surface area contributed by atoms with Crippen LogP contribution in [0.25, 0.3) is 0 Å². The molecule has 1 heterocycles. The van der Waals surface area contributed by atoms with Crippen molar-refractivity contribution in [2.75, 3.05) is 0 Å². The third-order valence-corrected chi connectivity index (χ3v) is 4.53. The summed E-state index contributed by atoms with van der Waals surface area (Å²) in [6, 6.07) is 6.86. The zero-order valence-electron chi connectivity index (χ0n) is 9.85. The Morgan fingerprint density at radius 3 is 2.79 bits per heavy atom. The number of aromatic nitrogens is 1. The van der Waals surface area contributed by atoms with Gasteiger partial charge in [-0.25, -0.2) is 9.78 Å². The maximum Gasteiger partial charge on any atom is 0.337 e. The van der Waals surface area contributed by atoms with E-state index in [0.717, 1.165) is 20.0 Å². The van der Waals surface area contributed by atoms with Crippen molar-refractivity contribution in [3.63, 3.8) is 0 Å². The second-order valence-electron chi connectivity index (χ2n) is 3.85. The van der Waals surface area contributed by atoms with Gasteiger partial charge in [0.25, 0.3) is 0 Å². The zero-order chi connectivity index (χ0) is 14.0. The van der Waals surface area contributed by atoms with Crippen LogP contribution >= 0.6 is 39.3 Å². The summed E-state index contributed by atoms with van der Waals surface area (Å²) in [6.07, 6.45) is 1.76. The highest BCUT2D eigenvalue weighted by molar-refractivity contribution is 9.10. The Morgan fingerprint density at radius 1 is 1.42 bits per heavy atom. The smallest absolute Gasteiger partial charge is 0.337 e. The first-order valence-electron chi connectivity index (χ1n) is 5.30. The molecule has 0 amide bonds. The number of hydrogen-bond donors (Lipinski definition) is 1. The van der Waals surface area contributed by atoms with E-state index >= 15 is 0 Å². The lowest BCUT2D eigenvalue weighted by Gasteiger charge is -2.06. The summed E-state index contributed by atoms with van der Waals surface area (Å²) in [5.74, 6) is -1.04. The molecule has 6 heteroatoms. The van der Waals surface area contributed by atoms with Crippen LogP contribution in [-0.4, -0.2) is 16.1 Å². The van der Waals surface area contributed by atoms with Crippen molar-refractivity contribution in [3.05, 3.63) is 51.1 Å². The molecule has 0 unspecified atom stereocenters. The fraction of sp³-hybridized carbons (Fsp3) is 0.0769. The summed E-state index contributed by atoms with van der Waals surface area (Å²) < 4.78 is 0.879. The molecule has 1 aromatic carbocycles. The largest absolute Gasteiger partial charge is 0.478 e. The lowest BCUT2D eigenvalue weighted by molar-refractivity contribution is 0.0697. The Hall–Kier alpha value is -1.04. The first-order chi connectivity index (χ1) is 8.97. The third-order valence-electron chi connectivity index (χ3n) is 2.33. The van der Waals surface area contributed by atoms with Crippen LogP contribution in [0.2, 0.25) is 5.02 Å². The van der Waals surface area contributed by atoms with E-state index in [9.17, 15) is 4.79 Å². The Morgan fingerprint density at radius 2 is 2.16 bits per heavy atom. The number of carbonyl (C=O) groups is 1. The normalized spacial score (nSPS) is 10.5. The van der Waals surface area contributed by atoms with Crippen molar-refractivity contribution in [1.82, 2.24) is 4.98 Å². The highest BCUT2D eigenvalue weighted by Crippen LogP contribution is 2.33. The monoisotopic (exact) mass is 357 g/mol. The number of nitrogens with zero attached hydrogens (tertiary/aromatic N) is 1. The summed E-state index contributed by atoms with van der Waals surface area (Å²) in [4.78, 5) is 16.1. The van der Waals surface area contributed by atoms with Crippen molar-refractivity contribution < 1.29 is 9.90 Å². The second kappa shape index (κ2) is 5.94. The van der Waals surface area contributed by atoms with Crippen molar-refractivity contribution in [2.45, 2.75) is 16.8 Å². The van der Waals surface area contributed by atoms with Crippen LogP contribution in [0.1, 0.15) is 15.9 Å². The molecule has 0 saturated heterocycles. The predicted molar refractivity (Wildman–Crippen MR) is 79.2 cm³/mol. The van der Waals surface area contributed by atoms with Gasteiger partial charge in [0.2, 0.25) is 0 Å². The van der Waals surface area contributed by atoms with Gasteiger partial charge in [-0.1, -0.05) is 23.4 Å². The van der Waals surface area contributed by atoms with Gasteiger partial charge in [0.15, 0.2) is 0 Å². The minimum Gasteiger partial charge on any atom is -0.478 e. The van der Waals surface area contributed by atoms with Crippen LogP contribution in [0.5, 0.6) is 0 Å². The van der Waals surface area contributed by atoms with Gasteiger partial charge in [0, 0.05) is 11.1 Å². The Labute approximate surface area is 128 Å². The molecule has 0 saturated carbocycles. The number of aryl methyl sites for hydroxylation is 1. The van der Waals surface area contributed by atoms with Gasteiger partial charge in [0.1, 0.15) is 5.03 Å². The lowest BCUT2D eigenvalue weighted by Crippen LogP contribution is -1.97.